The molecule has 2 rings (SSSR count). The molecule has 27 heavy (non-hydrogen) atoms. The summed E-state index contributed by atoms with van der Waals surface area (Å²) in [6.45, 7) is 6.88. The molecule has 0 unspecified atom stereocenters. The second-order valence-electron chi connectivity index (χ2n) is 6.63. The third-order valence-electron chi connectivity index (χ3n) is 4.26. The van der Waals surface area contributed by atoms with Crippen LogP contribution in [0, 0.1) is 0 Å². The molecule has 1 amide bonds. The van der Waals surface area contributed by atoms with E-state index in [1.807, 2.05) is 55.5 Å². The molecule has 4 heteroatoms. The first kappa shape index (κ1) is 20.6. The molecule has 2 aromatic rings. The van der Waals surface area contributed by atoms with Gasteiger partial charge in [-0.3, -0.25) is 14.9 Å². The fourth-order valence-electron chi connectivity index (χ4n) is 2.82. The number of nitrogens with one attached hydrogen (secondary N) is 2. The van der Waals surface area contributed by atoms with E-state index in [0.717, 1.165) is 17.6 Å². The van der Waals surface area contributed by atoms with Crippen molar-refractivity contribution in [1.29, 1.82) is 0 Å². The van der Waals surface area contributed by atoms with Gasteiger partial charge >= 0.3 is 0 Å². The average molecular weight is 364 g/mol. The fraction of sp³-hybridized carbons (Fsp3) is 0.304. The summed E-state index contributed by atoms with van der Waals surface area (Å²) in [6, 6.07) is 18.7. The molecule has 0 saturated carbocycles. The second-order valence-corrected chi connectivity index (χ2v) is 6.63. The van der Waals surface area contributed by atoms with E-state index >= 15 is 0 Å². The van der Waals surface area contributed by atoms with Crippen LogP contribution in [0.3, 0.4) is 0 Å². The van der Waals surface area contributed by atoms with Crippen LogP contribution in [-0.4, -0.2) is 30.8 Å². The van der Waals surface area contributed by atoms with Crippen molar-refractivity contribution in [3.63, 3.8) is 0 Å². The Morgan fingerprint density at radius 3 is 2.26 bits per heavy atom. The summed E-state index contributed by atoms with van der Waals surface area (Å²) in [5.74, 6) is -0.121. The zero-order chi connectivity index (χ0) is 19.5. The number of carbonyl (C=O) groups excluding carboxylic acids is 2. The summed E-state index contributed by atoms with van der Waals surface area (Å²) >= 11 is 0. The van der Waals surface area contributed by atoms with Gasteiger partial charge in [0.05, 0.1) is 12.6 Å². The van der Waals surface area contributed by atoms with Crippen LogP contribution < -0.4 is 10.6 Å². The molecule has 0 bridgehead atoms. The summed E-state index contributed by atoms with van der Waals surface area (Å²) in [6.07, 6.45) is 2.07. The highest BCUT2D eigenvalue weighted by Crippen LogP contribution is 2.12. The molecule has 0 radical (unpaired) electrons. The normalized spacial score (nSPS) is 11.6. The van der Waals surface area contributed by atoms with Gasteiger partial charge in [-0.2, -0.15) is 0 Å². The highest BCUT2D eigenvalue weighted by atomic mass is 16.2. The first-order valence-electron chi connectivity index (χ1n) is 9.40. The highest BCUT2D eigenvalue weighted by Gasteiger charge is 2.20. The average Bonchev–Trinajstić information content (AvgIpc) is 2.70. The molecule has 142 valence electrons. The molecule has 0 aliphatic carbocycles. The first-order chi connectivity index (χ1) is 13.1. The van der Waals surface area contributed by atoms with Gasteiger partial charge in [-0.15, -0.1) is 0 Å². The Balaban J connectivity index is 1.96. The zero-order valence-electron chi connectivity index (χ0n) is 15.9. The van der Waals surface area contributed by atoms with Crippen LogP contribution >= 0.6 is 0 Å². The Bertz CT molecular complexity index is 741. The van der Waals surface area contributed by atoms with E-state index in [-0.39, 0.29) is 18.2 Å². The molecular formula is C23H28N2O2. The van der Waals surface area contributed by atoms with Gasteiger partial charge in [-0.25, -0.2) is 0 Å². The largest absolute Gasteiger partial charge is 0.355 e. The molecule has 0 aromatic heterocycles. The molecule has 4 nitrogen and oxygen atoms in total. The maximum atomic E-state index is 12.5. The summed E-state index contributed by atoms with van der Waals surface area (Å²) in [7, 11) is 0. The van der Waals surface area contributed by atoms with E-state index < -0.39 is 6.04 Å². The smallest absolute Gasteiger partial charge is 0.237 e. The zero-order valence-corrected chi connectivity index (χ0v) is 15.9. The second kappa shape index (κ2) is 11.1. The van der Waals surface area contributed by atoms with Crippen LogP contribution in [0.4, 0.5) is 0 Å². The van der Waals surface area contributed by atoms with Crippen LogP contribution in [0.5, 0.6) is 0 Å². The Labute approximate surface area is 161 Å². The number of carbonyl (C=O) groups is 2. The van der Waals surface area contributed by atoms with Crippen molar-refractivity contribution in [2.24, 2.45) is 0 Å². The number of Topliss-reactive ketones (excluding diaryl/α,β-unsaturated/α-hetero) is 1. The lowest BCUT2D eigenvalue weighted by Gasteiger charge is -2.19. The molecule has 2 aromatic carbocycles. The predicted molar refractivity (Wildman–Crippen MR) is 110 cm³/mol. The van der Waals surface area contributed by atoms with Crippen LogP contribution in [0.1, 0.15) is 35.7 Å². The quantitative estimate of drug-likeness (QED) is 0.474. The van der Waals surface area contributed by atoms with Gasteiger partial charge in [-0.1, -0.05) is 79.7 Å². The lowest BCUT2D eigenvalue weighted by molar-refractivity contribution is -0.123. The molecule has 1 atom stereocenters. The van der Waals surface area contributed by atoms with Gasteiger partial charge in [0.2, 0.25) is 5.91 Å². The Hall–Kier alpha value is -2.72. The molecule has 0 aliphatic heterocycles. The molecule has 0 spiro atoms. The molecule has 2 N–H and O–H groups in total. The standard InChI is InChI=1S/C23H28N2O2/c1-3-14-24-23(27)21(16-18(2)15-19-10-6-4-7-11-19)25-17-22(26)20-12-8-5-9-13-20/h4-13,21,25H,2-3,14-17H2,1H3,(H,24,27)/t21-/m0/s1. The number of ketones is 1. The van der Waals surface area contributed by atoms with Gasteiger partial charge in [0.25, 0.3) is 0 Å². The minimum absolute atomic E-state index is 0.0300. The van der Waals surface area contributed by atoms with E-state index in [1.54, 1.807) is 12.1 Å². The van der Waals surface area contributed by atoms with Gasteiger partial charge in [0, 0.05) is 12.1 Å². The van der Waals surface area contributed by atoms with E-state index in [0.29, 0.717) is 24.9 Å². The summed E-state index contributed by atoms with van der Waals surface area (Å²) < 4.78 is 0. The summed E-state index contributed by atoms with van der Waals surface area (Å²) in [5, 5.41) is 6.03. The number of hydrogen-bond acceptors (Lipinski definition) is 3. The van der Waals surface area contributed by atoms with Crippen molar-refractivity contribution in [2.75, 3.05) is 13.1 Å². The Morgan fingerprint density at radius 1 is 1.00 bits per heavy atom. The minimum atomic E-state index is -0.472. The Kier molecular flexibility index (Phi) is 8.46. The van der Waals surface area contributed by atoms with Crippen LogP contribution in [0.25, 0.3) is 0 Å². The van der Waals surface area contributed by atoms with Crippen molar-refractivity contribution in [2.45, 2.75) is 32.2 Å². The number of amides is 1. The lowest BCUT2D eigenvalue weighted by Crippen LogP contribution is -2.46. The fourth-order valence-corrected chi connectivity index (χ4v) is 2.82. The van der Waals surface area contributed by atoms with E-state index in [9.17, 15) is 9.59 Å². The van der Waals surface area contributed by atoms with Crippen molar-refractivity contribution in [3.8, 4) is 0 Å². The van der Waals surface area contributed by atoms with Gasteiger partial charge < -0.3 is 5.32 Å². The van der Waals surface area contributed by atoms with Crippen molar-refractivity contribution >= 4 is 11.7 Å². The van der Waals surface area contributed by atoms with E-state index in [4.69, 9.17) is 0 Å². The van der Waals surface area contributed by atoms with Crippen molar-refractivity contribution < 1.29 is 9.59 Å². The van der Waals surface area contributed by atoms with Crippen molar-refractivity contribution in [1.82, 2.24) is 10.6 Å². The van der Waals surface area contributed by atoms with Crippen LogP contribution in [-0.2, 0) is 11.2 Å². The predicted octanol–water partition coefficient (Wildman–Crippen LogP) is 3.54. The first-order valence-corrected chi connectivity index (χ1v) is 9.40. The number of benzene rings is 2. The van der Waals surface area contributed by atoms with E-state index in [2.05, 4.69) is 17.2 Å². The minimum Gasteiger partial charge on any atom is -0.355 e. The molecule has 0 aliphatic rings. The molecule has 0 heterocycles. The summed E-state index contributed by atoms with van der Waals surface area (Å²) in [5.41, 5.74) is 2.76. The van der Waals surface area contributed by atoms with Crippen LogP contribution in [0.2, 0.25) is 0 Å². The molecular weight excluding hydrogens is 336 g/mol. The third kappa shape index (κ3) is 7.19. The van der Waals surface area contributed by atoms with Gasteiger partial charge in [-0.05, 0) is 24.8 Å². The SMILES string of the molecule is C=C(Cc1ccccc1)C[C@H](NCC(=O)c1ccccc1)C(=O)NCCC. The Morgan fingerprint density at radius 2 is 1.63 bits per heavy atom. The van der Waals surface area contributed by atoms with Gasteiger partial charge in [0.15, 0.2) is 5.78 Å². The van der Waals surface area contributed by atoms with Crippen molar-refractivity contribution in [3.05, 3.63) is 83.9 Å². The lowest BCUT2D eigenvalue weighted by atomic mass is 9.99. The van der Waals surface area contributed by atoms with E-state index in [1.165, 1.54) is 0 Å². The van der Waals surface area contributed by atoms with Crippen LogP contribution in [0.15, 0.2) is 72.8 Å². The number of hydrogen-bond donors (Lipinski definition) is 2. The number of rotatable bonds is 11. The maximum Gasteiger partial charge on any atom is 0.237 e. The maximum absolute atomic E-state index is 12.5. The topological polar surface area (TPSA) is 58.2 Å². The van der Waals surface area contributed by atoms with Gasteiger partial charge in [0.1, 0.15) is 0 Å². The molecule has 0 saturated heterocycles. The third-order valence-corrected chi connectivity index (χ3v) is 4.26. The summed E-state index contributed by atoms with van der Waals surface area (Å²) in [4.78, 5) is 24.9. The highest BCUT2D eigenvalue weighted by molar-refractivity contribution is 5.98. The molecule has 0 fully saturated rings. The monoisotopic (exact) mass is 364 g/mol.